The van der Waals surface area contributed by atoms with Crippen molar-refractivity contribution in [2.24, 2.45) is 0 Å². The number of nitrogens with zero attached hydrogens (tertiary/aromatic N) is 3. The molecule has 0 fully saturated rings. The molecular formula is C8H11N5O. The van der Waals surface area contributed by atoms with E-state index in [0.29, 0.717) is 18.9 Å². The lowest BCUT2D eigenvalue weighted by atomic mass is 10.4. The number of aromatic nitrogens is 2. The maximum atomic E-state index is 11.2. The normalized spacial score (nSPS) is 9.36. The van der Waals surface area contributed by atoms with Gasteiger partial charge in [-0.15, -0.1) is 0 Å². The molecule has 3 N–H and O–H groups in total. The highest BCUT2D eigenvalue weighted by Gasteiger charge is 2.03. The average molecular weight is 193 g/mol. The Morgan fingerprint density at radius 2 is 2.57 bits per heavy atom. The van der Waals surface area contributed by atoms with E-state index >= 15 is 0 Å². The van der Waals surface area contributed by atoms with E-state index in [1.54, 1.807) is 6.20 Å². The molecule has 0 unspecified atom stereocenters. The highest BCUT2D eigenvalue weighted by Crippen LogP contribution is 1.97. The fourth-order valence-corrected chi connectivity index (χ4v) is 0.943. The first kappa shape index (κ1) is 10.1. The van der Waals surface area contributed by atoms with E-state index in [-0.39, 0.29) is 12.5 Å². The van der Waals surface area contributed by atoms with Crippen molar-refractivity contribution in [3.05, 3.63) is 12.4 Å². The number of nitrogens with one attached hydrogen (secondary N) is 1. The van der Waals surface area contributed by atoms with Crippen LogP contribution >= 0.6 is 0 Å². The smallest absolute Gasteiger partial charge is 0.240 e. The molecule has 1 rings (SSSR count). The quantitative estimate of drug-likeness (QED) is 0.629. The molecule has 0 atom stereocenters. The monoisotopic (exact) mass is 193 g/mol. The van der Waals surface area contributed by atoms with Crippen molar-refractivity contribution in [2.45, 2.75) is 13.0 Å². The van der Waals surface area contributed by atoms with E-state index < -0.39 is 0 Å². The molecule has 0 aliphatic carbocycles. The number of hydrogen-bond donors (Lipinski definition) is 2. The van der Waals surface area contributed by atoms with Crippen LogP contribution in [0.25, 0.3) is 0 Å². The van der Waals surface area contributed by atoms with Crippen molar-refractivity contribution in [2.75, 3.05) is 12.3 Å². The van der Waals surface area contributed by atoms with Crippen LogP contribution in [0.3, 0.4) is 0 Å². The Labute approximate surface area is 81.3 Å². The molecule has 74 valence electrons. The van der Waals surface area contributed by atoms with Gasteiger partial charge >= 0.3 is 0 Å². The molecule has 1 heterocycles. The number of imidazole rings is 1. The van der Waals surface area contributed by atoms with Crippen molar-refractivity contribution in [1.82, 2.24) is 14.9 Å². The zero-order chi connectivity index (χ0) is 10.4. The van der Waals surface area contributed by atoms with Gasteiger partial charge in [-0.25, -0.2) is 4.98 Å². The summed E-state index contributed by atoms with van der Waals surface area (Å²) in [6, 6.07) is 1.93. The van der Waals surface area contributed by atoms with Gasteiger partial charge in [-0.05, 0) is 0 Å². The molecule has 1 aromatic rings. The number of anilines is 1. The van der Waals surface area contributed by atoms with Crippen molar-refractivity contribution >= 4 is 11.9 Å². The van der Waals surface area contributed by atoms with Gasteiger partial charge in [-0.3, -0.25) is 4.79 Å². The van der Waals surface area contributed by atoms with Crippen LogP contribution in [0.5, 0.6) is 0 Å². The van der Waals surface area contributed by atoms with Crippen molar-refractivity contribution in [3.8, 4) is 6.07 Å². The second-order valence-corrected chi connectivity index (χ2v) is 2.67. The predicted molar refractivity (Wildman–Crippen MR) is 49.9 cm³/mol. The van der Waals surface area contributed by atoms with Crippen LogP contribution in [0.2, 0.25) is 0 Å². The topological polar surface area (TPSA) is 96.7 Å². The van der Waals surface area contributed by atoms with Gasteiger partial charge in [0.25, 0.3) is 0 Å². The first-order valence-corrected chi connectivity index (χ1v) is 4.14. The number of nitrogen functional groups attached to an aromatic ring is 1. The standard InChI is InChI=1S/C8H11N5O/c9-2-1-3-11-7(14)6-13-5-4-12-8(13)10/h4-5H,1,3,6H2,(H2,10,12)(H,11,14). The lowest BCUT2D eigenvalue weighted by Gasteiger charge is -2.04. The number of hydrogen-bond acceptors (Lipinski definition) is 4. The van der Waals surface area contributed by atoms with Gasteiger partial charge in [0, 0.05) is 18.9 Å². The minimum atomic E-state index is -0.176. The number of carbonyl (C=O) groups is 1. The fourth-order valence-electron chi connectivity index (χ4n) is 0.943. The summed E-state index contributed by atoms with van der Waals surface area (Å²) in [7, 11) is 0. The average Bonchev–Trinajstić information content (AvgIpc) is 2.52. The van der Waals surface area contributed by atoms with Gasteiger partial charge in [0.05, 0.1) is 12.5 Å². The van der Waals surface area contributed by atoms with E-state index in [1.807, 2.05) is 6.07 Å². The Morgan fingerprint density at radius 1 is 1.79 bits per heavy atom. The fraction of sp³-hybridized carbons (Fsp3) is 0.375. The summed E-state index contributed by atoms with van der Waals surface area (Å²) in [5, 5.41) is 10.8. The summed E-state index contributed by atoms with van der Waals surface area (Å²) >= 11 is 0. The molecule has 0 bridgehead atoms. The van der Waals surface area contributed by atoms with Crippen LogP contribution < -0.4 is 11.1 Å². The molecule has 1 amide bonds. The van der Waals surface area contributed by atoms with Crippen molar-refractivity contribution in [3.63, 3.8) is 0 Å². The Kier molecular flexibility index (Phi) is 3.49. The third-order valence-corrected chi connectivity index (χ3v) is 1.62. The molecule has 6 nitrogen and oxygen atoms in total. The summed E-state index contributed by atoms with van der Waals surface area (Å²) in [6.45, 7) is 0.501. The molecule has 6 heteroatoms. The summed E-state index contributed by atoms with van der Waals surface area (Å²) < 4.78 is 1.53. The lowest BCUT2D eigenvalue weighted by molar-refractivity contribution is -0.121. The first-order chi connectivity index (χ1) is 6.74. The molecule has 0 saturated carbocycles. The van der Waals surface area contributed by atoms with Crippen LogP contribution in [0.1, 0.15) is 6.42 Å². The van der Waals surface area contributed by atoms with Gasteiger partial charge in [0.1, 0.15) is 6.54 Å². The lowest BCUT2D eigenvalue weighted by Crippen LogP contribution is -2.28. The van der Waals surface area contributed by atoms with Gasteiger partial charge in [-0.1, -0.05) is 0 Å². The minimum Gasteiger partial charge on any atom is -0.369 e. The van der Waals surface area contributed by atoms with Gasteiger partial charge in [0.2, 0.25) is 11.9 Å². The molecule has 0 aliphatic rings. The number of nitrogens with two attached hydrogens (primary N) is 1. The van der Waals surface area contributed by atoms with Gasteiger partial charge in [0.15, 0.2) is 0 Å². The molecule has 0 aromatic carbocycles. The van der Waals surface area contributed by atoms with E-state index in [1.165, 1.54) is 10.8 Å². The van der Waals surface area contributed by atoms with E-state index in [2.05, 4.69) is 10.3 Å². The second-order valence-electron chi connectivity index (χ2n) is 2.67. The largest absolute Gasteiger partial charge is 0.369 e. The van der Waals surface area contributed by atoms with Gasteiger partial charge < -0.3 is 15.6 Å². The van der Waals surface area contributed by atoms with Crippen LogP contribution in [0.4, 0.5) is 5.95 Å². The van der Waals surface area contributed by atoms with Crippen LogP contribution in [0, 0.1) is 11.3 Å². The number of amides is 1. The first-order valence-electron chi connectivity index (χ1n) is 4.14. The highest BCUT2D eigenvalue weighted by atomic mass is 16.1. The van der Waals surface area contributed by atoms with E-state index in [4.69, 9.17) is 11.0 Å². The minimum absolute atomic E-state index is 0.136. The van der Waals surface area contributed by atoms with E-state index in [9.17, 15) is 4.79 Å². The molecule has 0 spiro atoms. The van der Waals surface area contributed by atoms with Gasteiger partial charge in [-0.2, -0.15) is 5.26 Å². The third kappa shape index (κ3) is 2.79. The van der Waals surface area contributed by atoms with Crippen LogP contribution in [-0.2, 0) is 11.3 Å². The number of carbonyl (C=O) groups excluding carboxylic acids is 1. The Hall–Kier alpha value is -2.03. The summed E-state index contributed by atoms with van der Waals surface area (Å²) in [5.74, 6) is 0.130. The highest BCUT2D eigenvalue weighted by molar-refractivity contribution is 5.76. The number of rotatable bonds is 4. The SMILES string of the molecule is N#CCCNC(=O)Cn1ccnc1N. The molecular weight excluding hydrogens is 182 g/mol. The maximum absolute atomic E-state index is 11.2. The summed E-state index contributed by atoms with van der Waals surface area (Å²) in [4.78, 5) is 15.0. The number of nitriles is 1. The van der Waals surface area contributed by atoms with E-state index in [0.717, 1.165) is 0 Å². The van der Waals surface area contributed by atoms with Crippen molar-refractivity contribution < 1.29 is 4.79 Å². The zero-order valence-corrected chi connectivity index (χ0v) is 7.60. The summed E-state index contributed by atoms with van der Waals surface area (Å²) in [6.07, 6.45) is 3.46. The molecule has 1 aromatic heterocycles. The van der Waals surface area contributed by atoms with Crippen LogP contribution in [-0.4, -0.2) is 22.0 Å². The molecule has 0 aliphatic heterocycles. The van der Waals surface area contributed by atoms with Crippen LogP contribution in [0.15, 0.2) is 12.4 Å². The Balaban J connectivity index is 2.35. The molecule has 0 saturated heterocycles. The molecule has 14 heavy (non-hydrogen) atoms. The van der Waals surface area contributed by atoms with Crippen molar-refractivity contribution in [1.29, 1.82) is 5.26 Å². The summed E-state index contributed by atoms with van der Waals surface area (Å²) in [5.41, 5.74) is 5.46. The Morgan fingerprint density at radius 3 is 3.14 bits per heavy atom. The molecule has 0 radical (unpaired) electrons. The second kappa shape index (κ2) is 4.87. The predicted octanol–water partition coefficient (Wildman–Crippen LogP) is -0.505. The Bertz CT molecular complexity index is 351. The third-order valence-electron chi connectivity index (χ3n) is 1.62. The zero-order valence-electron chi connectivity index (χ0n) is 7.60. The maximum Gasteiger partial charge on any atom is 0.240 e.